The topological polar surface area (TPSA) is 111 Å². The molecule has 0 radical (unpaired) electrons. The highest BCUT2D eigenvalue weighted by molar-refractivity contribution is 6.23. The zero-order valence-corrected chi connectivity index (χ0v) is 15.8. The van der Waals surface area contributed by atoms with E-state index in [0.29, 0.717) is 22.9 Å². The van der Waals surface area contributed by atoms with Gasteiger partial charge < -0.3 is 14.8 Å². The van der Waals surface area contributed by atoms with Crippen molar-refractivity contribution in [1.82, 2.24) is 20.2 Å². The van der Waals surface area contributed by atoms with Crippen LogP contribution in [0.5, 0.6) is 11.5 Å². The van der Waals surface area contributed by atoms with Gasteiger partial charge in [-0.15, -0.1) is 5.10 Å². The Bertz CT molecular complexity index is 1040. The van der Waals surface area contributed by atoms with E-state index in [0.717, 1.165) is 10.6 Å². The lowest BCUT2D eigenvalue weighted by molar-refractivity contribution is -0.121. The zero-order valence-electron chi connectivity index (χ0n) is 15.8. The van der Waals surface area contributed by atoms with Crippen molar-refractivity contribution in [3.63, 3.8) is 0 Å². The Balaban J connectivity index is 1.53. The zero-order chi connectivity index (χ0) is 20.4. The molecule has 148 valence electrons. The van der Waals surface area contributed by atoms with Crippen LogP contribution in [0.3, 0.4) is 0 Å². The third-order valence-electron chi connectivity index (χ3n) is 4.60. The number of hydrogen-bond donors (Lipinski definition) is 1. The molecule has 3 aromatic rings. The summed E-state index contributed by atoms with van der Waals surface area (Å²) in [6.07, 6.45) is 1.53. The van der Waals surface area contributed by atoms with Crippen molar-refractivity contribution >= 4 is 23.2 Å². The van der Waals surface area contributed by atoms with Crippen molar-refractivity contribution in [3.8, 4) is 17.2 Å². The average Bonchev–Trinajstić information content (AvgIpc) is 3.37. The number of carbonyl (C=O) groups excluding carboxylic acids is 2. The molecule has 0 bridgehead atoms. The van der Waals surface area contributed by atoms with E-state index in [1.54, 1.807) is 30.3 Å². The second kappa shape index (κ2) is 7.58. The fourth-order valence-electron chi connectivity index (χ4n) is 3.16. The van der Waals surface area contributed by atoms with Gasteiger partial charge in [0.2, 0.25) is 5.91 Å². The van der Waals surface area contributed by atoms with Gasteiger partial charge in [0, 0.05) is 11.8 Å². The number of anilines is 2. The molecular formula is C19H18N6O4. The van der Waals surface area contributed by atoms with E-state index in [4.69, 9.17) is 9.47 Å². The third kappa shape index (κ3) is 3.47. The Morgan fingerprint density at radius 3 is 2.52 bits per heavy atom. The molecule has 1 atom stereocenters. The van der Waals surface area contributed by atoms with E-state index in [2.05, 4.69) is 20.8 Å². The molecule has 0 saturated carbocycles. The van der Waals surface area contributed by atoms with Crippen LogP contribution < -0.4 is 19.7 Å². The lowest BCUT2D eigenvalue weighted by Gasteiger charge is -2.19. The minimum Gasteiger partial charge on any atom is -0.497 e. The predicted molar refractivity (Wildman–Crippen MR) is 103 cm³/mol. The molecule has 0 unspecified atom stereocenters. The lowest BCUT2D eigenvalue weighted by atomic mass is 10.2. The molecule has 0 aliphatic carbocycles. The molecule has 1 aliphatic rings. The van der Waals surface area contributed by atoms with Gasteiger partial charge in [0.25, 0.3) is 5.91 Å². The van der Waals surface area contributed by atoms with E-state index in [1.165, 1.54) is 25.2 Å². The largest absolute Gasteiger partial charge is 0.497 e. The first kappa shape index (κ1) is 18.4. The number of tetrazole rings is 1. The molecule has 4 rings (SSSR count). The molecule has 0 spiro atoms. The predicted octanol–water partition coefficient (Wildman–Crippen LogP) is 1.42. The van der Waals surface area contributed by atoms with Crippen LogP contribution in [0.15, 0.2) is 48.8 Å². The van der Waals surface area contributed by atoms with Crippen molar-refractivity contribution in [1.29, 1.82) is 0 Å². The summed E-state index contributed by atoms with van der Waals surface area (Å²) in [4.78, 5) is 26.6. The minimum absolute atomic E-state index is 0.0444. The Kier molecular flexibility index (Phi) is 4.82. The Labute approximate surface area is 166 Å². The summed E-state index contributed by atoms with van der Waals surface area (Å²) in [6.45, 7) is 0. The first-order valence-corrected chi connectivity index (χ1v) is 8.79. The maximum atomic E-state index is 12.9. The van der Waals surface area contributed by atoms with Gasteiger partial charge >= 0.3 is 0 Å². The monoisotopic (exact) mass is 394 g/mol. The molecule has 1 aromatic heterocycles. The lowest BCUT2D eigenvalue weighted by Crippen LogP contribution is -2.35. The highest BCUT2D eigenvalue weighted by Gasteiger charge is 2.40. The summed E-state index contributed by atoms with van der Waals surface area (Å²) in [6, 6.07) is 11.5. The molecule has 1 saturated heterocycles. The highest BCUT2D eigenvalue weighted by Crippen LogP contribution is 2.35. The van der Waals surface area contributed by atoms with Gasteiger partial charge in [0.1, 0.15) is 23.9 Å². The molecule has 29 heavy (non-hydrogen) atoms. The van der Waals surface area contributed by atoms with E-state index in [9.17, 15) is 9.59 Å². The molecule has 2 amide bonds. The van der Waals surface area contributed by atoms with Crippen molar-refractivity contribution in [2.75, 3.05) is 24.4 Å². The first-order valence-electron chi connectivity index (χ1n) is 8.79. The minimum atomic E-state index is -0.673. The SMILES string of the molecule is COc1ccc(N2C(=O)C[C@H](Nc3ccc(-n4cnnn4)cc3)C2=O)c(OC)c1. The van der Waals surface area contributed by atoms with Gasteiger partial charge in [-0.2, -0.15) is 0 Å². The molecule has 10 heteroatoms. The van der Waals surface area contributed by atoms with Gasteiger partial charge in [-0.3, -0.25) is 9.59 Å². The van der Waals surface area contributed by atoms with Crippen LogP contribution in [0.2, 0.25) is 0 Å². The Hall–Kier alpha value is -3.95. The molecule has 1 fully saturated rings. The number of rotatable bonds is 6. The summed E-state index contributed by atoms with van der Waals surface area (Å²) in [7, 11) is 3.01. The standard InChI is InChI=1S/C19H18N6O4/c1-28-14-7-8-16(17(9-14)29-2)25-18(26)10-15(19(25)27)21-12-3-5-13(6-4-12)24-11-20-22-23-24/h3-9,11,15,21H,10H2,1-2H3/t15-/m0/s1. The maximum Gasteiger partial charge on any atom is 0.256 e. The molecule has 1 aliphatic heterocycles. The number of nitrogens with zero attached hydrogens (tertiary/aromatic N) is 5. The van der Waals surface area contributed by atoms with Crippen molar-refractivity contribution in [3.05, 3.63) is 48.8 Å². The quantitative estimate of drug-likeness (QED) is 0.625. The van der Waals surface area contributed by atoms with Crippen LogP contribution in [-0.2, 0) is 9.59 Å². The molecule has 2 aromatic carbocycles. The van der Waals surface area contributed by atoms with Gasteiger partial charge in [-0.05, 0) is 46.8 Å². The van der Waals surface area contributed by atoms with E-state index in [1.807, 2.05) is 12.1 Å². The van der Waals surface area contributed by atoms with Crippen LogP contribution >= 0.6 is 0 Å². The van der Waals surface area contributed by atoms with E-state index >= 15 is 0 Å². The van der Waals surface area contributed by atoms with Gasteiger partial charge in [-0.25, -0.2) is 9.58 Å². The van der Waals surface area contributed by atoms with Crippen LogP contribution in [0.1, 0.15) is 6.42 Å². The Morgan fingerprint density at radius 2 is 1.86 bits per heavy atom. The molecule has 10 nitrogen and oxygen atoms in total. The molecular weight excluding hydrogens is 376 g/mol. The number of aromatic nitrogens is 4. The second-order valence-corrected chi connectivity index (χ2v) is 6.31. The summed E-state index contributed by atoms with van der Waals surface area (Å²) in [5, 5.41) is 14.1. The van der Waals surface area contributed by atoms with Crippen LogP contribution in [0.4, 0.5) is 11.4 Å². The van der Waals surface area contributed by atoms with Gasteiger partial charge in [0.15, 0.2) is 0 Å². The normalized spacial score (nSPS) is 16.2. The summed E-state index contributed by atoms with van der Waals surface area (Å²) in [5.74, 6) is 0.309. The van der Waals surface area contributed by atoms with Crippen molar-refractivity contribution < 1.29 is 19.1 Å². The van der Waals surface area contributed by atoms with Gasteiger partial charge in [-0.1, -0.05) is 0 Å². The first-order chi connectivity index (χ1) is 14.1. The number of benzene rings is 2. The third-order valence-corrected chi connectivity index (χ3v) is 4.60. The van der Waals surface area contributed by atoms with Crippen LogP contribution in [0, 0.1) is 0 Å². The second-order valence-electron chi connectivity index (χ2n) is 6.31. The number of nitrogens with one attached hydrogen (secondary N) is 1. The summed E-state index contributed by atoms with van der Waals surface area (Å²) in [5.41, 5.74) is 1.87. The summed E-state index contributed by atoms with van der Waals surface area (Å²) < 4.78 is 12.0. The number of ether oxygens (including phenoxy) is 2. The fourth-order valence-corrected chi connectivity index (χ4v) is 3.16. The van der Waals surface area contributed by atoms with Crippen LogP contribution in [0.25, 0.3) is 5.69 Å². The van der Waals surface area contributed by atoms with E-state index < -0.39 is 6.04 Å². The molecule has 2 heterocycles. The van der Waals surface area contributed by atoms with Gasteiger partial charge in [0.05, 0.1) is 32.0 Å². The maximum absolute atomic E-state index is 12.9. The fraction of sp³-hybridized carbons (Fsp3) is 0.211. The van der Waals surface area contributed by atoms with E-state index in [-0.39, 0.29) is 18.2 Å². The smallest absolute Gasteiger partial charge is 0.256 e. The highest BCUT2D eigenvalue weighted by atomic mass is 16.5. The Morgan fingerprint density at radius 1 is 1.07 bits per heavy atom. The number of imide groups is 1. The number of methoxy groups -OCH3 is 2. The summed E-state index contributed by atoms with van der Waals surface area (Å²) >= 11 is 0. The number of hydrogen-bond acceptors (Lipinski definition) is 8. The van der Waals surface area contributed by atoms with Crippen molar-refractivity contribution in [2.45, 2.75) is 12.5 Å². The number of amides is 2. The molecule has 1 N–H and O–H groups in total. The van der Waals surface area contributed by atoms with Crippen molar-refractivity contribution in [2.24, 2.45) is 0 Å². The van der Waals surface area contributed by atoms with Crippen LogP contribution in [-0.4, -0.2) is 52.3 Å². The average molecular weight is 394 g/mol. The number of carbonyl (C=O) groups is 2.